The number of amides is 1. The molecule has 1 aromatic rings. The van der Waals surface area contributed by atoms with Gasteiger partial charge in [0, 0.05) is 6.04 Å². The molecule has 0 aliphatic heterocycles. The second-order valence-electron chi connectivity index (χ2n) is 3.63. The molecule has 0 aromatic carbocycles. The van der Waals surface area contributed by atoms with Gasteiger partial charge >= 0.3 is 0 Å². The van der Waals surface area contributed by atoms with Crippen LogP contribution in [0.15, 0.2) is 4.34 Å². The molecule has 1 aliphatic rings. The van der Waals surface area contributed by atoms with Crippen molar-refractivity contribution in [2.75, 3.05) is 0 Å². The quantitative estimate of drug-likeness (QED) is 0.816. The molecule has 0 spiro atoms. The maximum absolute atomic E-state index is 11.6. The van der Waals surface area contributed by atoms with Crippen LogP contribution < -0.4 is 5.32 Å². The van der Waals surface area contributed by atoms with Gasteiger partial charge < -0.3 is 5.32 Å². The topological polar surface area (TPSA) is 54.9 Å². The van der Waals surface area contributed by atoms with E-state index in [2.05, 4.69) is 15.5 Å². The smallest absolute Gasteiger partial charge is 0.233 e. The van der Waals surface area contributed by atoms with Crippen molar-refractivity contribution in [3.05, 3.63) is 5.01 Å². The van der Waals surface area contributed by atoms with Gasteiger partial charge in [-0.25, -0.2) is 0 Å². The largest absolute Gasteiger partial charge is 0.352 e. The molecule has 0 saturated heterocycles. The van der Waals surface area contributed by atoms with Gasteiger partial charge in [0.1, 0.15) is 5.01 Å². The van der Waals surface area contributed by atoms with Gasteiger partial charge in [0.25, 0.3) is 0 Å². The highest BCUT2D eigenvalue weighted by Gasteiger charge is 2.26. The molecule has 0 radical (unpaired) electrons. The Labute approximate surface area is 96.9 Å². The lowest BCUT2D eigenvalue weighted by molar-refractivity contribution is -0.120. The molecule has 1 aliphatic carbocycles. The number of thioether (sulfide) groups is 1. The van der Waals surface area contributed by atoms with Crippen LogP contribution in [0.3, 0.4) is 0 Å². The molecule has 1 heterocycles. The lowest BCUT2D eigenvalue weighted by Crippen LogP contribution is -2.32. The van der Waals surface area contributed by atoms with Gasteiger partial charge in [-0.15, -0.1) is 10.2 Å². The van der Waals surface area contributed by atoms with Crippen molar-refractivity contribution in [1.29, 1.82) is 0 Å². The Hall–Kier alpha value is -0.620. The number of hydrogen-bond donors (Lipinski definition) is 1. The second-order valence-corrected chi connectivity index (χ2v) is 6.40. The minimum Gasteiger partial charge on any atom is -0.352 e. The van der Waals surface area contributed by atoms with Crippen LogP contribution in [0.25, 0.3) is 0 Å². The van der Waals surface area contributed by atoms with E-state index in [1.165, 1.54) is 23.1 Å². The maximum atomic E-state index is 11.6. The highest BCUT2D eigenvalue weighted by molar-refractivity contribution is 8.02. The first-order chi connectivity index (χ1) is 7.15. The summed E-state index contributed by atoms with van der Waals surface area (Å²) in [5, 5.41) is 11.7. The molecule has 0 unspecified atom stereocenters. The summed E-state index contributed by atoms with van der Waals surface area (Å²) >= 11 is 3.00. The average molecular weight is 243 g/mol. The fraction of sp³-hybridized carbons (Fsp3) is 0.667. The minimum absolute atomic E-state index is 0.0852. The van der Waals surface area contributed by atoms with E-state index in [-0.39, 0.29) is 11.2 Å². The van der Waals surface area contributed by atoms with Crippen molar-refractivity contribution in [2.24, 2.45) is 0 Å². The zero-order valence-corrected chi connectivity index (χ0v) is 10.3. The number of nitrogens with one attached hydrogen (secondary N) is 1. The predicted molar refractivity (Wildman–Crippen MR) is 61.1 cm³/mol. The maximum Gasteiger partial charge on any atom is 0.233 e. The van der Waals surface area contributed by atoms with Crippen LogP contribution in [0.5, 0.6) is 0 Å². The molecule has 6 heteroatoms. The summed E-state index contributed by atoms with van der Waals surface area (Å²) in [5.41, 5.74) is 0. The van der Waals surface area contributed by atoms with Crippen LogP contribution in [0.1, 0.15) is 24.8 Å². The molecule has 1 aromatic heterocycles. The summed E-state index contributed by atoms with van der Waals surface area (Å²) < 4.78 is 0.867. The van der Waals surface area contributed by atoms with Gasteiger partial charge in [-0.3, -0.25) is 4.79 Å². The van der Waals surface area contributed by atoms with E-state index in [4.69, 9.17) is 0 Å². The molecule has 1 saturated carbocycles. The fourth-order valence-electron chi connectivity index (χ4n) is 1.08. The number of aryl methyl sites for hydroxylation is 1. The number of carbonyl (C=O) groups is 1. The Morgan fingerprint density at radius 2 is 2.33 bits per heavy atom. The molecular weight excluding hydrogens is 230 g/mol. The van der Waals surface area contributed by atoms with Gasteiger partial charge in [0.05, 0.1) is 5.25 Å². The van der Waals surface area contributed by atoms with Crippen LogP contribution in [0.4, 0.5) is 0 Å². The summed E-state index contributed by atoms with van der Waals surface area (Å²) in [4.78, 5) is 11.6. The van der Waals surface area contributed by atoms with Gasteiger partial charge in [-0.1, -0.05) is 23.1 Å². The Morgan fingerprint density at radius 3 is 2.87 bits per heavy atom. The Kier molecular flexibility index (Phi) is 3.25. The van der Waals surface area contributed by atoms with Crippen LogP contribution in [-0.2, 0) is 4.79 Å². The molecule has 1 fully saturated rings. The first kappa shape index (κ1) is 10.9. The van der Waals surface area contributed by atoms with Gasteiger partial charge in [-0.05, 0) is 26.7 Å². The summed E-state index contributed by atoms with van der Waals surface area (Å²) in [6.45, 7) is 3.82. The number of rotatable bonds is 4. The molecule has 0 bridgehead atoms. The number of hydrogen-bond acceptors (Lipinski definition) is 5. The Balaban J connectivity index is 1.84. The Morgan fingerprint density at radius 1 is 1.60 bits per heavy atom. The van der Waals surface area contributed by atoms with Crippen molar-refractivity contribution >= 4 is 29.0 Å². The van der Waals surface area contributed by atoms with E-state index >= 15 is 0 Å². The second kappa shape index (κ2) is 4.49. The average Bonchev–Trinajstić information content (AvgIpc) is 2.90. The van der Waals surface area contributed by atoms with E-state index in [0.717, 1.165) is 22.2 Å². The SMILES string of the molecule is Cc1nnc(S[C@H](C)C(=O)NC2CC2)s1. The number of nitrogens with zero attached hydrogens (tertiary/aromatic N) is 2. The normalized spacial score (nSPS) is 17.5. The third-order valence-corrected chi connectivity index (χ3v) is 4.10. The van der Waals surface area contributed by atoms with Crippen molar-refractivity contribution in [2.45, 2.75) is 42.3 Å². The van der Waals surface area contributed by atoms with Crippen LogP contribution >= 0.6 is 23.1 Å². The first-order valence-corrected chi connectivity index (χ1v) is 6.62. The van der Waals surface area contributed by atoms with Gasteiger partial charge in [0.2, 0.25) is 5.91 Å². The summed E-state index contributed by atoms with van der Waals surface area (Å²) in [6, 6.07) is 0.428. The molecule has 2 rings (SSSR count). The van der Waals surface area contributed by atoms with Gasteiger partial charge in [-0.2, -0.15) is 0 Å². The fourth-order valence-corrected chi connectivity index (χ4v) is 3.05. The Bertz CT molecular complexity index is 362. The van der Waals surface area contributed by atoms with Gasteiger partial charge in [0.15, 0.2) is 4.34 Å². The standard InChI is InChI=1S/C9H13N3OS2/c1-5(8(13)10-7-3-4-7)14-9-12-11-6(2)15-9/h5,7H,3-4H2,1-2H3,(H,10,13)/t5-/m1/s1. The van der Waals surface area contributed by atoms with E-state index in [0.29, 0.717) is 6.04 Å². The molecule has 1 atom stereocenters. The lowest BCUT2D eigenvalue weighted by Gasteiger charge is -2.08. The molecular formula is C9H13N3OS2. The van der Waals surface area contributed by atoms with Crippen LogP contribution in [0, 0.1) is 6.92 Å². The van der Waals surface area contributed by atoms with Crippen molar-refractivity contribution in [3.8, 4) is 0 Å². The summed E-state index contributed by atoms with van der Waals surface area (Å²) in [6.07, 6.45) is 2.25. The van der Waals surface area contributed by atoms with Crippen molar-refractivity contribution < 1.29 is 4.79 Å². The summed E-state index contributed by atoms with van der Waals surface area (Å²) in [5.74, 6) is 0.107. The summed E-state index contributed by atoms with van der Waals surface area (Å²) in [7, 11) is 0. The zero-order valence-electron chi connectivity index (χ0n) is 8.69. The van der Waals surface area contributed by atoms with Crippen LogP contribution in [0.2, 0.25) is 0 Å². The molecule has 4 nitrogen and oxygen atoms in total. The van der Waals surface area contributed by atoms with E-state index in [1.807, 2.05) is 13.8 Å². The number of carbonyl (C=O) groups excluding carboxylic acids is 1. The first-order valence-electron chi connectivity index (χ1n) is 4.92. The van der Waals surface area contributed by atoms with Crippen molar-refractivity contribution in [1.82, 2.24) is 15.5 Å². The van der Waals surface area contributed by atoms with Crippen molar-refractivity contribution in [3.63, 3.8) is 0 Å². The third kappa shape index (κ3) is 3.17. The highest BCUT2D eigenvalue weighted by atomic mass is 32.2. The van der Waals surface area contributed by atoms with E-state index < -0.39 is 0 Å². The molecule has 1 amide bonds. The molecule has 1 N–H and O–H groups in total. The molecule has 15 heavy (non-hydrogen) atoms. The monoisotopic (exact) mass is 243 g/mol. The predicted octanol–water partition coefficient (Wildman–Crippen LogP) is 1.61. The van der Waals surface area contributed by atoms with Crippen LogP contribution in [-0.4, -0.2) is 27.4 Å². The van der Waals surface area contributed by atoms with E-state index in [9.17, 15) is 4.79 Å². The highest BCUT2D eigenvalue weighted by Crippen LogP contribution is 2.27. The van der Waals surface area contributed by atoms with E-state index in [1.54, 1.807) is 0 Å². The zero-order chi connectivity index (χ0) is 10.8. The minimum atomic E-state index is -0.0852. The number of aromatic nitrogens is 2. The third-order valence-electron chi connectivity index (χ3n) is 2.08. The lowest BCUT2D eigenvalue weighted by atomic mass is 10.4. The molecule has 82 valence electrons.